The van der Waals surface area contributed by atoms with E-state index in [2.05, 4.69) is 24.3 Å². The molecule has 0 bridgehead atoms. The third-order valence-corrected chi connectivity index (χ3v) is 2.64. The van der Waals surface area contributed by atoms with Gasteiger partial charge in [0.25, 0.3) is 0 Å². The number of ether oxygens (including phenoxy) is 1. The summed E-state index contributed by atoms with van der Waals surface area (Å²) in [5.74, 6) is 0. The van der Waals surface area contributed by atoms with Gasteiger partial charge in [0.2, 0.25) is 0 Å². The molecule has 0 radical (unpaired) electrons. The van der Waals surface area contributed by atoms with Crippen LogP contribution in [-0.2, 0) is 18.3 Å². The van der Waals surface area contributed by atoms with Gasteiger partial charge in [0.15, 0.2) is 0 Å². The molecule has 0 atom stereocenters. The SMILES string of the molecule is CCCOCCCNCc1cnn(C)c1C. The highest BCUT2D eigenvalue weighted by Crippen LogP contribution is 2.04. The number of aromatic nitrogens is 2. The van der Waals surface area contributed by atoms with Gasteiger partial charge in [-0.1, -0.05) is 6.92 Å². The van der Waals surface area contributed by atoms with Crippen molar-refractivity contribution in [3.63, 3.8) is 0 Å². The fraction of sp³-hybridized carbons (Fsp3) is 0.750. The van der Waals surface area contributed by atoms with Gasteiger partial charge in [0.1, 0.15) is 0 Å². The number of rotatable bonds is 8. The van der Waals surface area contributed by atoms with E-state index in [9.17, 15) is 0 Å². The Morgan fingerprint density at radius 1 is 1.44 bits per heavy atom. The van der Waals surface area contributed by atoms with Crippen molar-refractivity contribution < 1.29 is 4.74 Å². The van der Waals surface area contributed by atoms with E-state index in [-0.39, 0.29) is 0 Å². The molecule has 0 saturated heterocycles. The molecule has 0 amide bonds. The van der Waals surface area contributed by atoms with Crippen molar-refractivity contribution in [3.8, 4) is 0 Å². The van der Waals surface area contributed by atoms with Gasteiger partial charge >= 0.3 is 0 Å². The van der Waals surface area contributed by atoms with Crippen LogP contribution in [0.3, 0.4) is 0 Å². The van der Waals surface area contributed by atoms with Crippen molar-refractivity contribution in [2.75, 3.05) is 19.8 Å². The minimum Gasteiger partial charge on any atom is -0.381 e. The van der Waals surface area contributed by atoms with Crippen LogP contribution in [0.1, 0.15) is 31.0 Å². The van der Waals surface area contributed by atoms with E-state index in [0.717, 1.165) is 39.1 Å². The zero-order valence-corrected chi connectivity index (χ0v) is 10.6. The van der Waals surface area contributed by atoms with Crippen LogP contribution in [0.15, 0.2) is 6.20 Å². The highest BCUT2D eigenvalue weighted by Gasteiger charge is 2.01. The van der Waals surface area contributed by atoms with Gasteiger partial charge in [-0.3, -0.25) is 4.68 Å². The van der Waals surface area contributed by atoms with Crippen molar-refractivity contribution in [2.24, 2.45) is 7.05 Å². The van der Waals surface area contributed by atoms with Gasteiger partial charge < -0.3 is 10.1 Å². The van der Waals surface area contributed by atoms with Gasteiger partial charge in [-0.25, -0.2) is 0 Å². The molecule has 0 aliphatic carbocycles. The molecule has 1 aromatic heterocycles. The maximum absolute atomic E-state index is 5.41. The molecular weight excluding hydrogens is 202 g/mol. The minimum absolute atomic E-state index is 0.854. The first-order valence-corrected chi connectivity index (χ1v) is 6.01. The maximum Gasteiger partial charge on any atom is 0.0537 e. The Hall–Kier alpha value is -0.870. The third-order valence-electron chi connectivity index (χ3n) is 2.64. The summed E-state index contributed by atoms with van der Waals surface area (Å²) in [5.41, 5.74) is 2.51. The zero-order chi connectivity index (χ0) is 11.8. The Morgan fingerprint density at radius 3 is 2.88 bits per heavy atom. The Bertz CT molecular complexity index is 296. The summed E-state index contributed by atoms with van der Waals surface area (Å²) in [6.07, 6.45) is 4.09. The van der Waals surface area contributed by atoms with E-state index in [1.165, 1.54) is 11.3 Å². The van der Waals surface area contributed by atoms with Crippen LogP contribution in [0.4, 0.5) is 0 Å². The van der Waals surface area contributed by atoms with E-state index >= 15 is 0 Å². The first kappa shape index (κ1) is 13.2. The fourth-order valence-electron chi connectivity index (χ4n) is 1.49. The molecule has 0 aliphatic heterocycles. The molecule has 0 aliphatic rings. The molecule has 1 heterocycles. The lowest BCUT2D eigenvalue weighted by atomic mass is 10.2. The average Bonchev–Trinajstić information content (AvgIpc) is 2.59. The normalized spacial score (nSPS) is 10.9. The first-order chi connectivity index (χ1) is 7.75. The number of hydrogen-bond acceptors (Lipinski definition) is 3. The van der Waals surface area contributed by atoms with E-state index < -0.39 is 0 Å². The summed E-state index contributed by atoms with van der Waals surface area (Å²) >= 11 is 0. The van der Waals surface area contributed by atoms with Crippen molar-refractivity contribution in [2.45, 2.75) is 33.2 Å². The number of nitrogens with zero attached hydrogens (tertiary/aromatic N) is 2. The summed E-state index contributed by atoms with van der Waals surface area (Å²) in [7, 11) is 1.97. The van der Waals surface area contributed by atoms with Gasteiger partial charge in [0, 0.05) is 38.1 Å². The second-order valence-electron chi connectivity index (χ2n) is 4.02. The van der Waals surface area contributed by atoms with Crippen molar-refractivity contribution in [1.29, 1.82) is 0 Å². The summed E-state index contributed by atoms with van der Waals surface area (Å²) in [6.45, 7) is 7.85. The highest BCUT2D eigenvalue weighted by atomic mass is 16.5. The topological polar surface area (TPSA) is 39.1 Å². The number of hydrogen-bond donors (Lipinski definition) is 1. The molecule has 16 heavy (non-hydrogen) atoms. The zero-order valence-electron chi connectivity index (χ0n) is 10.6. The van der Waals surface area contributed by atoms with Crippen LogP contribution in [0.5, 0.6) is 0 Å². The molecule has 0 aromatic carbocycles. The van der Waals surface area contributed by atoms with Gasteiger partial charge in [-0.2, -0.15) is 5.10 Å². The van der Waals surface area contributed by atoms with Crippen LogP contribution < -0.4 is 5.32 Å². The van der Waals surface area contributed by atoms with Crippen LogP contribution in [0.2, 0.25) is 0 Å². The highest BCUT2D eigenvalue weighted by molar-refractivity contribution is 5.15. The van der Waals surface area contributed by atoms with Crippen LogP contribution >= 0.6 is 0 Å². The van der Waals surface area contributed by atoms with Gasteiger partial charge in [-0.15, -0.1) is 0 Å². The lowest BCUT2D eigenvalue weighted by molar-refractivity contribution is 0.132. The molecule has 1 rings (SSSR count). The monoisotopic (exact) mass is 225 g/mol. The molecular formula is C12H23N3O. The molecule has 1 aromatic rings. The smallest absolute Gasteiger partial charge is 0.0537 e. The molecule has 1 N–H and O–H groups in total. The Kier molecular flexibility index (Phi) is 6.11. The second kappa shape index (κ2) is 7.41. The summed E-state index contributed by atoms with van der Waals surface area (Å²) < 4.78 is 7.31. The lowest BCUT2D eigenvalue weighted by Crippen LogP contribution is -2.16. The standard InChI is InChI=1S/C12H23N3O/c1-4-7-16-8-5-6-13-9-12-10-14-15(3)11(12)2/h10,13H,4-9H2,1-3H3. The van der Waals surface area contributed by atoms with Crippen LogP contribution in [0.25, 0.3) is 0 Å². The minimum atomic E-state index is 0.854. The summed E-state index contributed by atoms with van der Waals surface area (Å²) in [6, 6.07) is 0. The quantitative estimate of drug-likeness (QED) is 0.684. The third kappa shape index (κ3) is 4.33. The Balaban J connectivity index is 2.05. The molecule has 0 unspecified atom stereocenters. The Labute approximate surface area is 98.0 Å². The predicted octanol–water partition coefficient (Wildman–Crippen LogP) is 1.63. The van der Waals surface area contributed by atoms with Crippen molar-refractivity contribution in [1.82, 2.24) is 15.1 Å². The molecule has 0 fully saturated rings. The molecule has 92 valence electrons. The maximum atomic E-state index is 5.41. The molecule has 4 heteroatoms. The second-order valence-corrected chi connectivity index (χ2v) is 4.02. The molecule has 4 nitrogen and oxygen atoms in total. The number of aryl methyl sites for hydroxylation is 1. The number of nitrogens with one attached hydrogen (secondary N) is 1. The first-order valence-electron chi connectivity index (χ1n) is 6.01. The Morgan fingerprint density at radius 2 is 2.25 bits per heavy atom. The van der Waals surface area contributed by atoms with Gasteiger partial charge in [-0.05, 0) is 26.3 Å². The predicted molar refractivity (Wildman–Crippen MR) is 65.4 cm³/mol. The molecule has 0 spiro atoms. The molecule has 0 saturated carbocycles. The lowest BCUT2D eigenvalue weighted by Gasteiger charge is -2.05. The van der Waals surface area contributed by atoms with E-state index in [0.29, 0.717) is 0 Å². The largest absolute Gasteiger partial charge is 0.381 e. The van der Waals surface area contributed by atoms with Crippen LogP contribution in [-0.4, -0.2) is 29.5 Å². The summed E-state index contributed by atoms with van der Waals surface area (Å²) in [4.78, 5) is 0. The van der Waals surface area contributed by atoms with Gasteiger partial charge in [0.05, 0.1) is 6.20 Å². The van der Waals surface area contributed by atoms with Crippen molar-refractivity contribution >= 4 is 0 Å². The average molecular weight is 225 g/mol. The van der Waals surface area contributed by atoms with E-state index in [1.807, 2.05) is 17.9 Å². The van der Waals surface area contributed by atoms with Crippen molar-refractivity contribution in [3.05, 3.63) is 17.5 Å². The van der Waals surface area contributed by atoms with Crippen LogP contribution in [0, 0.1) is 6.92 Å². The fourth-order valence-corrected chi connectivity index (χ4v) is 1.49. The van der Waals surface area contributed by atoms with E-state index in [1.54, 1.807) is 0 Å². The summed E-state index contributed by atoms with van der Waals surface area (Å²) in [5, 5.41) is 7.61. The van der Waals surface area contributed by atoms with E-state index in [4.69, 9.17) is 4.74 Å².